The Kier molecular flexibility index (Phi) is 6.61. The second kappa shape index (κ2) is 9.35. The molecule has 0 saturated carbocycles. The molecule has 0 aliphatic carbocycles. The fourth-order valence-electron chi connectivity index (χ4n) is 3.24. The molecule has 3 aromatic rings. The maximum Gasteiger partial charge on any atom is 0.257 e. The maximum atomic E-state index is 13.6. The van der Waals surface area contributed by atoms with E-state index >= 15 is 0 Å². The predicted octanol–water partition coefficient (Wildman–Crippen LogP) is 3.93. The number of benzene rings is 2. The number of nitrogens with zero attached hydrogens (tertiary/aromatic N) is 3. The monoisotopic (exact) mass is 407 g/mol. The number of rotatable bonds is 5. The zero-order chi connectivity index (χ0) is 21.7. The van der Waals surface area contributed by atoms with Gasteiger partial charge in [0, 0.05) is 30.5 Å². The second-order valence-corrected chi connectivity index (χ2v) is 7.21. The van der Waals surface area contributed by atoms with Crippen LogP contribution in [0.5, 0.6) is 0 Å². The van der Waals surface area contributed by atoms with Crippen molar-refractivity contribution in [3.05, 3.63) is 82.4 Å². The van der Waals surface area contributed by atoms with Crippen molar-refractivity contribution in [2.45, 2.75) is 27.2 Å². The van der Waals surface area contributed by atoms with Gasteiger partial charge >= 0.3 is 0 Å². The van der Waals surface area contributed by atoms with Gasteiger partial charge in [0.25, 0.3) is 5.91 Å². The lowest BCUT2D eigenvalue weighted by Crippen LogP contribution is -2.36. The lowest BCUT2D eigenvalue weighted by molar-refractivity contribution is 0.0977. The highest BCUT2D eigenvalue weighted by Gasteiger charge is 2.12. The van der Waals surface area contributed by atoms with Crippen molar-refractivity contribution < 1.29 is 9.18 Å². The van der Waals surface area contributed by atoms with Crippen molar-refractivity contribution in [3.63, 3.8) is 0 Å². The van der Waals surface area contributed by atoms with Crippen molar-refractivity contribution in [2.24, 2.45) is 12.0 Å². The fourth-order valence-corrected chi connectivity index (χ4v) is 3.24. The third kappa shape index (κ3) is 5.31. The minimum atomic E-state index is -0.369. The van der Waals surface area contributed by atoms with E-state index in [1.54, 1.807) is 24.3 Å². The highest BCUT2D eigenvalue weighted by atomic mass is 19.1. The summed E-state index contributed by atoms with van der Waals surface area (Å²) in [4.78, 5) is 17.2. The molecule has 0 bridgehead atoms. The highest BCUT2D eigenvalue weighted by Crippen LogP contribution is 2.13. The first kappa shape index (κ1) is 21.2. The third-order valence-electron chi connectivity index (χ3n) is 4.89. The zero-order valence-electron chi connectivity index (χ0n) is 17.7. The van der Waals surface area contributed by atoms with E-state index in [1.165, 1.54) is 12.1 Å². The highest BCUT2D eigenvalue weighted by molar-refractivity contribution is 6.10. The van der Waals surface area contributed by atoms with Gasteiger partial charge in [0.1, 0.15) is 5.82 Å². The van der Waals surface area contributed by atoms with Crippen LogP contribution in [-0.2, 0) is 13.5 Å². The number of amides is 1. The average molecular weight is 407 g/mol. The number of hydrogen-bond donors (Lipinski definition) is 2. The molecule has 0 spiro atoms. The molecule has 156 valence electrons. The Bertz CT molecular complexity index is 1090. The quantitative estimate of drug-likeness (QED) is 0.497. The summed E-state index contributed by atoms with van der Waals surface area (Å²) < 4.78 is 15.4. The summed E-state index contributed by atoms with van der Waals surface area (Å²) in [6.45, 7) is 6.36. The third-order valence-corrected chi connectivity index (χ3v) is 4.89. The van der Waals surface area contributed by atoms with Gasteiger partial charge in [-0.1, -0.05) is 23.8 Å². The van der Waals surface area contributed by atoms with Crippen LogP contribution in [0, 0.1) is 26.6 Å². The zero-order valence-corrected chi connectivity index (χ0v) is 17.7. The van der Waals surface area contributed by atoms with Gasteiger partial charge in [0.05, 0.1) is 5.69 Å². The lowest BCUT2D eigenvalue weighted by atomic mass is 10.1. The molecule has 2 N–H and O–H groups in total. The van der Waals surface area contributed by atoms with Gasteiger partial charge in [-0.2, -0.15) is 5.10 Å². The first-order chi connectivity index (χ1) is 14.3. The molecule has 6 nitrogen and oxygen atoms in total. The average Bonchev–Trinajstić information content (AvgIpc) is 2.94. The molecular formula is C23H26FN5O. The molecule has 0 unspecified atom stereocenters. The molecule has 0 radical (unpaired) electrons. The number of carbonyl (C=O) groups excluding carboxylic acids is 1. The van der Waals surface area contributed by atoms with Gasteiger partial charge in [-0.05, 0) is 63.1 Å². The number of guanidine groups is 1. The number of carbonyl (C=O) groups is 1. The van der Waals surface area contributed by atoms with Gasteiger partial charge in [-0.15, -0.1) is 0 Å². The van der Waals surface area contributed by atoms with Crippen LogP contribution < -0.4 is 10.6 Å². The van der Waals surface area contributed by atoms with E-state index < -0.39 is 0 Å². The number of aryl methyl sites for hydroxylation is 3. The Morgan fingerprint density at radius 3 is 2.57 bits per heavy atom. The van der Waals surface area contributed by atoms with Crippen molar-refractivity contribution in [2.75, 3.05) is 11.9 Å². The van der Waals surface area contributed by atoms with Crippen LogP contribution in [0.3, 0.4) is 0 Å². The normalized spacial score (nSPS) is 11.4. The number of anilines is 1. The SMILES string of the molecule is Cc1cccc(C(=O)NC(=NCCc2c(C)nn(C)c2C)Nc2cccc(F)c2)c1. The summed E-state index contributed by atoms with van der Waals surface area (Å²) in [5, 5.41) is 10.2. The van der Waals surface area contributed by atoms with E-state index in [4.69, 9.17) is 0 Å². The van der Waals surface area contributed by atoms with E-state index in [2.05, 4.69) is 20.7 Å². The Morgan fingerprint density at radius 2 is 1.90 bits per heavy atom. The van der Waals surface area contributed by atoms with Crippen LogP contribution in [0.25, 0.3) is 0 Å². The van der Waals surface area contributed by atoms with Crippen molar-refractivity contribution >= 4 is 17.6 Å². The molecule has 1 aromatic heterocycles. The molecule has 0 aliphatic rings. The van der Waals surface area contributed by atoms with Gasteiger partial charge in [0.15, 0.2) is 0 Å². The van der Waals surface area contributed by atoms with Gasteiger partial charge < -0.3 is 5.32 Å². The van der Waals surface area contributed by atoms with Crippen LogP contribution in [0.1, 0.15) is 32.9 Å². The summed E-state index contributed by atoms with van der Waals surface area (Å²) in [5.74, 6) is -0.382. The molecular weight excluding hydrogens is 381 g/mol. The second-order valence-electron chi connectivity index (χ2n) is 7.21. The summed E-state index contributed by atoms with van der Waals surface area (Å²) in [5.41, 5.74) is 5.22. The van der Waals surface area contributed by atoms with Crippen molar-refractivity contribution in [1.29, 1.82) is 0 Å². The van der Waals surface area contributed by atoms with E-state index in [9.17, 15) is 9.18 Å². The standard InChI is InChI=1S/C23H26FN5O/c1-15-7-5-8-18(13-15)22(30)27-23(26-20-10-6-9-19(24)14-20)25-12-11-21-16(2)28-29(4)17(21)3/h5-10,13-14H,11-12H2,1-4H3,(H2,25,26,27,30). The first-order valence-electron chi connectivity index (χ1n) is 9.77. The largest absolute Gasteiger partial charge is 0.326 e. The Labute approximate surface area is 175 Å². The van der Waals surface area contributed by atoms with Crippen LogP contribution in [0.15, 0.2) is 53.5 Å². The maximum absolute atomic E-state index is 13.6. The van der Waals surface area contributed by atoms with Crippen LogP contribution >= 0.6 is 0 Å². The summed E-state index contributed by atoms with van der Waals surface area (Å²) in [6, 6.07) is 13.3. The number of aliphatic imine (C=N–C) groups is 1. The molecule has 30 heavy (non-hydrogen) atoms. The van der Waals surface area contributed by atoms with Crippen molar-refractivity contribution in [1.82, 2.24) is 15.1 Å². The van der Waals surface area contributed by atoms with Gasteiger partial charge in [-0.3, -0.25) is 19.8 Å². The molecule has 3 rings (SSSR count). The van der Waals surface area contributed by atoms with Gasteiger partial charge in [-0.25, -0.2) is 4.39 Å². The smallest absolute Gasteiger partial charge is 0.257 e. The molecule has 0 atom stereocenters. The lowest BCUT2D eigenvalue weighted by Gasteiger charge is -2.12. The van der Waals surface area contributed by atoms with Crippen molar-refractivity contribution in [3.8, 4) is 0 Å². The minimum Gasteiger partial charge on any atom is -0.326 e. The summed E-state index contributed by atoms with van der Waals surface area (Å²) >= 11 is 0. The Balaban J connectivity index is 1.79. The van der Waals surface area contributed by atoms with E-state index in [1.807, 2.05) is 44.6 Å². The molecule has 1 amide bonds. The molecule has 1 heterocycles. The van der Waals surface area contributed by atoms with Crippen LogP contribution in [0.4, 0.5) is 10.1 Å². The number of hydrogen-bond acceptors (Lipinski definition) is 3. The molecule has 0 saturated heterocycles. The predicted molar refractivity (Wildman–Crippen MR) is 117 cm³/mol. The summed E-state index contributed by atoms with van der Waals surface area (Å²) in [7, 11) is 1.91. The first-order valence-corrected chi connectivity index (χ1v) is 9.77. The van der Waals surface area contributed by atoms with Crippen LogP contribution in [-0.4, -0.2) is 28.2 Å². The molecule has 0 fully saturated rings. The fraction of sp³-hybridized carbons (Fsp3) is 0.261. The topological polar surface area (TPSA) is 71.3 Å². The summed E-state index contributed by atoms with van der Waals surface area (Å²) in [6.07, 6.45) is 0.681. The Hall–Kier alpha value is -3.48. The molecule has 2 aromatic carbocycles. The molecule has 7 heteroatoms. The number of nitrogens with one attached hydrogen (secondary N) is 2. The van der Waals surface area contributed by atoms with E-state index in [-0.39, 0.29) is 17.7 Å². The van der Waals surface area contributed by atoms with E-state index in [0.717, 1.165) is 22.5 Å². The Morgan fingerprint density at radius 1 is 1.13 bits per heavy atom. The van der Waals surface area contributed by atoms with Crippen LogP contribution in [0.2, 0.25) is 0 Å². The number of aromatic nitrogens is 2. The van der Waals surface area contributed by atoms with E-state index in [0.29, 0.717) is 24.2 Å². The van der Waals surface area contributed by atoms with Gasteiger partial charge in [0.2, 0.25) is 5.96 Å². The minimum absolute atomic E-state index is 0.270. The number of halogens is 1. The molecule has 0 aliphatic heterocycles.